The Hall–Kier alpha value is -0.430. The second kappa shape index (κ2) is 5.16. The normalized spacial score (nSPS) is 11.8. The number of hydrogen-bond acceptors (Lipinski definition) is 4. The molecule has 0 atom stereocenters. The highest BCUT2D eigenvalue weighted by atomic mass is 79.9. The van der Waals surface area contributed by atoms with Gasteiger partial charge in [-0.1, -0.05) is 32.4 Å². The molecule has 0 fully saturated rings. The van der Waals surface area contributed by atoms with Crippen LogP contribution in [0.15, 0.2) is 10.5 Å². The van der Waals surface area contributed by atoms with E-state index in [1.807, 2.05) is 26.8 Å². The second-order valence-corrected chi connectivity index (χ2v) is 8.49. The Balaban J connectivity index is 2.58. The number of thiophene rings is 1. The van der Waals surface area contributed by atoms with Gasteiger partial charge in [0.2, 0.25) is 0 Å². The summed E-state index contributed by atoms with van der Waals surface area (Å²) >= 11 is 11.9. The van der Waals surface area contributed by atoms with E-state index in [4.69, 9.17) is 11.6 Å². The molecule has 0 spiro atoms. The molecule has 0 radical (unpaired) electrons. The van der Waals surface area contributed by atoms with E-state index in [1.54, 1.807) is 0 Å². The Labute approximate surface area is 132 Å². The molecule has 0 aliphatic rings. The third-order valence-corrected chi connectivity index (χ3v) is 6.08. The summed E-state index contributed by atoms with van der Waals surface area (Å²) in [6.07, 6.45) is 0. The van der Waals surface area contributed by atoms with Crippen LogP contribution >= 0.6 is 50.2 Å². The van der Waals surface area contributed by atoms with E-state index in [0.29, 0.717) is 19.9 Å². The molecule has 1 N–H and O–H groups in total. The largest absolute Gasteiger partial charge is 0.477 e. The smallest absolute Gasteiger partial charge is 0.347 e. The first kappa shape index (κ1) is 15.0. The summed E-state index contributed by atoms with van der Waals surface area (Å²) in [5.41, 5.74) is 0.307. The van der Waals surface area contributed by atoms with Crippen LogP contribution in [0.3, 0.4) is 0 Å². The third kappa shape index (κ3) is 3.02. The number of carbonyl (C=O) groups is 1. The van der Waals surface area contributed by atoms with Crippen molar-refractivity contribution in [3.8, 4) is 9.88 Å². The lowest BCUT2D eigenvalue weighted by atomic mass is 9.91. The maximum atomic E-state index is 11.3. The Kier molecular flexibility index (Phi) is 4.07. The maximum Gasteiger partial charge on any atom is 0.347 e. The number of aromatic carboxylic acids is 1. The van der Waals surface area contributed by atoms with Crippen molar-refractivity contribution >= 4 is 56.2 Å². The molecule has 2 heterocycles. The van der Waals surface area contributed by atoms with Gasteiger partial charge in [0.25, 0.3) is 0 Å². The number of carboxylic acids is 1. The minimum Gasteiger partial charge on any atom is -0.477 e. The first-order valence-corrected chi connectivity index (χ1v) is 8.20. The van der Waals surface area contributed by atoms with Gasteiger partial charge < -0.3 is 5.11 Å². The summed E-state index contributed by atoms with van der Waals surface area (Å²) in [5.74, 6) is -0.935. The number of aromatic nitrogens is 1. The molecule has 7 heteroatoms. The van der Waals surface area contributed by atoms with Gasteiger partial charge in [-0.05, 0) is 22.0 Å². The van der Waals surface area contributed by atoms with Crippen LogP contribution in [0.25, 0.3) is 9.88 Å². The number of carboxylic acid groups (broad SMARTS) is 1. The lowest BCUT2D eigenvalue weighted by Gasteiger charge is -2.15. The SMILES string of the molecule is CC(C)(C)c1nc(-c2cc(Br)c(Cl)s2)sc1C(=O)O. The van der Waals surface area contributed by atoms with Crippen LogP contribution < -0.4 is 0 Å². The van der Waals surface area contributed by atoms with Gasteiger partial charge >= 0.3 is 5.97 Å². The zero-order valence-electron chi connectivity index (χ0n) is 10.5. The van der Waals surface area contributed by atoms with Crippen molar-refractivity contribution in [1.29, 1.82) is 0 Å². The monoisotopic (exact) mass is 379 g/mol. The van der Waals surface area contributed by atoms with E-state index < -0.39 is 5.97 Å². The lowest BCUT2D eigenvalue weighted by Crippen LogP contribution is -2.16. The Bertz CT molecular complexity index is 623. The summed E-state index contributed by atoms with van der Waals surface area (Å²) < 4.78 is 1.44. The summed E-state index contributed by atoms with van der Waals surface area (Å²) in [6.45, 7) is 5.86. The molecule has 0 aliphatic carbocycles. The van der Waals surface area contributed by atoms with Crippen molar-refractivity contribution in [3.05, 3.63) is 25.4 Å². The zero-order chi connectivity index (χ0) is 14.4. The molecular weight excluding hydrogens is 370 g/mol. The fourth-order valence-corrected chi connectivity index (χ4v) is 4.39. The van der Waals surface area contributed by atoms with E-state index >= 15 is 0 Å². The van der Waals surface area contributed by atoms with Gasteiger partial charge in [0.15, 0.2) is 0 Å². The molecule has 102 valence electrons. The quantitative estimate of drug-likeness (QED) is 0.770. The van der Waals surface area contributed by atoms with Crippen LogP contribution in [0.4, 0.5) is 0 Å². The first-order chi connectivity index (χ1) is 8.70. The highest BCUT2D eigenvalue weighted by molar-refractivity contribution is 9.10. The average Bonchev–Trinajstić information content (AvgIpc) is 2.82. The van der Waals surface area contributed by atoms with Crippen molar-refractivity contribution in [2.24, 2.45) is 0 Å². The predicted molar refractivity (Wildman–Crippen MR) is 83.8 cm³/mol. The molecule has 0 aromatic carbocycles. The molecule has 0 unspecified atom stereocenters. The number of thiazole rings is 1. The molecule has 3 nitrogen and oxygen atoms in total. The third-order valence-electron chi connectivity index (χ3n) is 2.39. The van der Waals surface area contributed by atoms with Gasteiger partial charge in [0.05, 0.1) is 10.6 Å². The Morgan fingerprint density at radius 3 is 2.42 bits per heavy atom. The van der Waals surface area contributed by atoms with Crippen molar-refractivity contribution in [2.75, 3.05) is 0 Å². The molecule has 19 heavy (non-hydrogen) atoms. The van der Waals surface area contributed by atoms with Gasteiger partial charge in [0, 0.05) is 9.89 Å². The number of rotatable bonds is 2. The minimum atomic E-state index is -0.935. The highest BCUT2D eigenvalue weighted by Gasteiger charge is 2.27. The van der Waals surface area contributed by atoms with E-state index in [1.165, 1.54) is 22.7 Å². The summed E-state index contributed by atoms with van der Waals surface area (Å²) in [5, 5.41) is 9.98. The number of hydrogen-bond donors (Lipinski definition) is 1. The summed E-state index contributed by atoms with van der Waals surface area (Å²) in [4.78, 5) is 17.0. The van der Waals surface area contributed by atoms with Gasteiger partial charge in [-0.2, -0.15) is 0 Å². The highest BCUT2D eigenvalue weighted by Crippen LogP contribution is 2.41. The maximum absolute atomic E-state index is 11.3. The van der Waals surface area contributed by atoms with E-state index in [2.05, 4.69) is 20.9 Å². The number of halogens is 2. The van der Waals surface area contributed by atoms with E-state index in [9.17, 15) is 9.90 Å². The van der Waals surface area contributed by atoms with Crippen LogP contribution in [-0.2, 0) is 5.41 Å². The molecule has 0 aliphatic heterocycles. The van der Waals surface area contributed by atoms with Crippen molar-refractivity contribution in [1.82, 2.24) is 4.98 Å². The molecular formula is C12H11BrClNO2S2. The Morgan fingerprint density at radius 1 is 1.42 bits per heavy atom. The van der Waals surface area contributed by atoms with Crippen molar-refractivity contribution < 1.29 is 9.90 Å². The molecule has 2 rings (SSSR count). The van der Waals surface area contributed by atoms with E-state index in [-0.39, 0.29) is 5.41 Å². The fourth-order valence-electron chi connectivity index (χ4n) is 1.53. The topological polar surface area (TPSA) is 50.2 Å². The van der Waals surface area contributed by atoms with E-state index in [0.717, 1.165) is 9.35 Å². The fraction of sp³-hybridized carbons (Fsp3) is 0.333. The van der Waals surface area contributed by atoms with Gasteiger partial charge in [-0.15, -0.1) is 22.7 Å². The molecule has 2 aromatic rings. The van der Waals surface area contributed by atoms with Gasteiger partial charge in [-0.3, -0.25) is 0 Å². The second-order valence-electron chi connectivity index (χ2n) is 4.98. The molecule has 0 bridgehead atoms. The summed E-state index contributed by atoms with van der Waals surface area (Å²) in [6, 6.07) is 1.86. The van der Waals surface area contributed by atoms with Crippen molar-refractivity contribution in [3.63, 3.8) is 0 Å². The van der Waals surface area contributed by atoms with Crippen LogP contribution in [0.2, 0.25) is 4.34 Å². The van der Waals surface area contributed by atoms with Gasteiger partial charge in [0.1, 0.15) is 14.2 Å². The lowest BCUT2D eigenvalue weighted by molar-refractivity contribution is 0.0699. The minimum absolute atomic E-state index is 0.295. The molecule has 2 aromatic heterocycles. The van der Waals surface area contributed by atoms with Gasteiger partial charge in [-0.25, -0.2) is 9.78 Å². The molecule has 0 amide bonds. The molecule has 0 saturated carbocycles. The van der Waals surface area contributed by atoms with Crippen LogP contribution in [0.5, 0.6) is 0 Å². The summed E-state index contributed by atoms with van der Waals surface area (Å²) in [7, 11) is 0. The van der Waals surface area contributed by atoms with Crippen molar-refractivity contribution in [2.45, 2.75) is 26.2 Å². The van der Waals surface area contributed by atoms with Crippen LogP contribution in [-0.4, -0.2) is 16.1 Å². The standard InChI is InChI=1S/C12H11BrClNO2S2/c1-12(2,3)8-7(11(16)17)19-10(15-8)6-4-5(13)9(14)18-6/h4H,1-3H3,(H,16,17). The molecule has 0 saturated heterocycles. The zero-order valence-corrected chi connectivity index (χ0v) is 14.4. The number of nitrogens with zero attached hydrogens (tertiary/aromatic N) is 1. The predicted octanol–water partition coefficient (Wildman–Crippen LogP) is 5.28. The first-order valence-electron chi connectivity index (χ1n) is 5.40. The van der Waals surface area contributed by atoms with Crippen LogP contribution in [0.1, 0.15) is 36.1 Å². The van der Waals surface area contributed by atoms with Crippen LogP contribution in [0, 0.1) is 0 Å². The Morgan fingerprint density at radius 2 is 2.05 bits per heavy atom. The average molecular weight is 381 g/mol.